The van der Waals surface area contributed by atoms with E-state index in [1.54, 1.807) is 30.7 Å². The van der Waals surface area contributed by atoms with Crippen LogP contribution in [0.3, 0.4) is 0 Å². The summed E-state index contributed by atoms with van der Waals surface area (Å²) in [5, 5.41) is 6.90. The summed E-state index contributed by atoms with van der Waals surface area (Å²) < 4.78 is 0. The van der Waals surface area contributed by atoms with E-state index in [0.717, 1.165) is 11.4 Å². The quantitative estimate of drug-likeness (QED) is 0.835. The molecule has 0 aromatic carbocycles. The highest BCUT2D eigenvalue weighted by Gasteiger charge is 1.93. The van der Waals surface area contributed by atoms with Crippen molar-refractivity contribution in [3.8, 4) is 0 Å². The van der Waals surface area contributed by atoms with Gasteiger partial charge in [-0.15, -0.1) is 5.10 Å². The third-order valence-corrected chi connectivity index (χ3v) is 1.55. The Hall–Kier alpha value is -2.43. The molecule has 0 fully saturated rings. The van der Waals surface area contributed by atoms with E-state index in [9.17, 15) is 0 Å². The molecule has 0 atom stereocenters. The van der Waals surface area contributed by atoms with Crippen LogP contribution in [0.4, 0.5) is 0 Å². The molecule has 0 aliphatic carbocycles. The van der Waals surface area contributed by atoms with Crippen LogP contribution in [0.15, 0.2) is 44.3 Å². The van der Waals surface area contributed by atoms with E-state index in [0.29, 0.717) is 0 Å². The maximum Gasteiger partial charge on any atom is 0.138 e. The van der Waals surface area contributed by atoms with Crippen molar-refractivity contribution in [1.82, 2.24) is 25.1 Å². The molecule has 0 saturated heterocycles. The van der Waals surface area contributed by atoms with E-state index in [-0.39, 0.29) is 0 Å². The highest BCUT2D eigenvalue weighted by Crippen LogP contribution is 2.02. The van der Waals surface area contributed by atoms with E-state index in [1.165, 1.54) is 12.5 Å². The first kappa shape index (κ1) is 19.9. The summed E-state index contributed by atoms with van der Waals surface area (Å²) in [4.78, 5) is 11.6. The van der Waals surface area contributed by atoms with E-state index in [1.807, 2.05) is 27.7 Å². The number of nitrogens with zero attached hydrogens (tertiary/aromatic N) is 5. The molecule has 0 amide bonds. The molecule has 0 N–H and O–H groups in total. The molecule has 2 aromatic rings. The lowest BCUT2D eigenvalue weighted by atomic mass is 10.3. The van der Waals surface area contributed by atoms with Crippen LogP contribution < -0.4 is 0 Å². The van der Waals surface area contributed by atoms with Crippen molar-refractivity contribution in [2.75, 3.05) is 0 Å². The summed E-state index contributed by atoms with van der Waals surface area (Å²) in [6.07, 6.45) is 11.1. The van der Waals surface area contributed by atoms with Gasteiger partial charge in [-0.2, -0.15) is 5.10 Å². The molecule has 0 aliphatic rings. The molecule has 5 heteroatoms. The van der Waals surface area contributed by atoms with Gasteiger partial charge < -0.3 is 0 Å². The smallest absolute Gasteiger partial charge is 0.138 e. The van der Waals surface area contributed by atoms with Crippen LogP contribution in [0.25, 0.3) is 12.2 Å². The molecule has 0 aliphatic heterocycles. The predicted octanol–water partition coefficient (Wildman–Crippen LogP) is 3.69. The summed E-state index contributed by atoms with van der Waals surface area (Å²) in [6.45, 7) is 15.2. The van der Waals surface area contributed by atoms with Gasteiger partial charge in [-0.1, -0.05) is 40.9 Å². The van der Waals surface area contributed by atoms with Crippen molar-refractivity contribution in [3.63, 3.8) is 0 Å². The van der Waals surface area contributed by atoms with Gasteiger partial charge in [-0.3, -0.25) is 9.97 Å². The van der Waals surface area contributed by atoms with Gasteiger partial charge in [0.2, 0.25) is 0 Å². The standard InChI is InChI=1S/C8H8N2.C3H3N3.2C2H6/c1-3-7-8(4-2)10-6-5-9-7;1-2-5-6-3-4-1;2*1-2/h3-6H,1-2H2;1-3H;2*1-2H3. The number of hydrogen-bond acceptors (Lipinski definition) is 5. The summed E-state index contributed by atoms with van der Waals surface area (Å²) in [5.74, 6) is 0. The zero-order valence-corrected chi connectivity index (χ0v) is 12.7. The highest BCUT2D eigenvalue weighted by molar-refractivity contribution is 5.56. The summed E-state index contributed by atoms with van der Waals surface area (Å²) in [6, 6.07) is 0. The highest BCUT2D eigenvalue weighted by atomic mass is 15.1. The van der Waals surface area contributed by atoms with Crippen LogP contribution in [0, 0.1) is 0 Å². The molecule has 108 valence electrons. The van der Waals surface area contributed by atoms with Crippen molar-refractivity contribution in [2.24, 2.45) is 0 Å². The third-order valence-electron chi connectivity index (χ3n) is 1.55. The fourth-order valence-corrected chi connectivity index (χ4v) is 0.879. The van der Waals surface area contributed by atoms with E-state index in [4.69, 9.17) is 0 Å². The molecule has 0 saturated carbocycles. The van der Waals surface area contributed by atoms with Gasteiger partial charge in [-0.25, -0.2) is 4.98 Å². The molecule has 2 rings (SSSR count). The average Bonchev–Trinajstić information content (AvgIpc) is 2.60. The van der Waals surface area contributed by atoms with Gasteiger partial charge in [0.05, 0.1) is 17.6 Å². The first-order valence-electron chi connectivity index (χ1n) is 6.51. The number of rotatable bonds is 2. The van der Waals surface area contributed by atoms with Crippen LogP contribution in [0.1, 0.15) is 39.1 Å². The van der Waals surface area contributed by atoms with Crippen LogP contribution >= 0.6 is 0 Å². The topological polar surface area (TPSA) is 64.5 Å². The Morgan fingerprint density at radius 3 is 1.45 bits per heavy atom. The van der Waals surface area contributed by atoms with Crippen LogP contribution in [0.5, 0.6) is 0 Å². The number of hydrogen-bond donors (Lipinski definition) is 0. The largest absolute Gasteiger partial charge is 0.253 e. The first-order valence-corrected chi connectivity index (χ1v) is 6.51. The zero-order chi connectivity index (χ0) is 15.6. The normalized spacial score (nSPS) is 7.40. The molecule has 0 bridgehead atoms. The van der Waals surface area contributed by atoms with Gasteiger partial charge in [0.15, 0.2) is 0 Å². The van der Waals surface area contributed by atoms with Crippen molar-refractivity contribution in [1.29, 1.82) is 0 Å². The second-order valence-corrected chi connectivity index (χ2v) is 2.53. The second kappa shape index (κ2) is 16.6. The SMILES string of the molecule is C=Cc1nccnc1C=C.CC.CC.c1cnncn1. The maximum absolute atomic E-state index is 4.02. The molecule has 2 aromatic heterocycles. The van der Waals surface area contributed by atoms with E-state index in [2.05, 4.69) is 38.3 Å². The molecule has 20 heavy (non-hydrogen) atoms. The van der Waals surface area contributed by atoms with Gasteiger partial charge in [0.25, 0.3) is 0 Å². The van der Waals surface area contributed by atoms with E-state index >= 15 is 0 Å². The summed E-state index contributed by atoms with van der Waals surface area (Å²) in [7, 11) is 0. The zero-order valence-electron chi connectivity index (χ0n) is 12.7. The maximum atomic E-state index is 4.02. The van der Waals surface area contributed by atoms with Crippen LogP contribution in [0.2, 0.25) is 0 Å². The fraction of sp³-hybridized carbons (Fsp3) is 0.267. The Morgan fingerprint density at radius 1 is 0.750 bits per heavy atom. The molecule has 2 heterocycles. The Kier molecular flexibility index (Phi) is 16.5. The second-order valence-electron chi connectivity index (χ2n) is 2.53. The van der Waals surface area contributed by atoms with E-state index < -0.39 is 0 Å². The monoisotopic (exact) mass is 273 g/mol. The molecule has 0 radical (unpaired) electrons. The van der Waals surface area contributed by atoms with Crippen LogP contribution in [-0.4, -0.2) is 25.1 Å². The lowest BCUT2D eigenvalue weighted by Gasteiger charge is -1.94. The lowest BCUT2D eigenvalue weighted by molar-refractivity contribution is 0.969. The van der Waals surface area contributed by atoms with Crippen molar-refractivity contribution >= 4 is 12.2 Å². The van der Waals surface area contributed by atoms with Crippen molar-refractivity contribution in [3.05, 3.63) is 55.7 Å². The molecular weight excluding hydrogens is 250 g/mol. The minimum absolute atomic E-state index is 0.775. The molecular formula is C15H23N5. The lowest BCUT2D eigenvalue weighted by Crippen LogP contribution is -1.87. The van der Waals surface area contributed by atoms with Crippen molar-refractivity contribution in [2.45, 2.75) is 27.7 Å². The Balaban J connectivity index is 0. The summed E-state index contributed by atoms with van der Waals surface area (Å²) in [5.41, 5.74) is 1.55. The first-order chi connectivity index (χ1) is 9.88. The Bertz CT molecular complexity index is 389. The fourth-order valence-electron chi connectivity index (χ4n) is 0.879. The summed E-state index contributed by atoms with van der Waals surface area (Å²) >= 11 is 0. The Labute approximate surface area is 121 Å². The van der Waals surface area contributed by atoms with Crippen LogP contribution in [-0.2, 0) is 0 Å². The van der Waals surface area contributed by atoms with Gasteiger partial charge >= 0.3 is 0 Å². The van der Waals surface area contributed by atoms with Gasteiger partial charge in [-0.05, 0) is 12.2 Å². The predicted molar refractivity (Wildman–Crippen MR) is 84.7 cm³/mol. The minimum atomic E-state index is 0.775. The molecule has 0 unspecified atom stereocenters. The van der Waals surface area contributed by atoms with Crippen molar-refractivity contribution < 1.29 is 0 Å². The number of aromatic nitrogens is 5. The average molecular weight is 273 g/mol. The van der Waals surface area contributed by atoms with Gasteiger partial charge in [0.1, 0.15) is 6.33 Å². The minimum Gasteiger partial charge on any atom is -0.253 e. The van der Waals surface area contributed by atoms with Gasteiger partial charge in [0, 0.05) is 18.6 Å². The molecule has 0 spiro atoms. The molecule has 5 nitrogen and oxygen atoms in total. The third kappa shape index (κ3) is 9.58. The Morgan fingerprint density at radius 2 is 1.25 bits per heavy atom.